The van der Waals surface area contributed by atoms with Crippen LogP contribution in [0.5, 0.6) is 0 Å². The number of nitrogens with one attached hydrogen (secondary N) is 1. The number of anilines is 2. The molecule has 2 aliphatic heterocycles. The Kier molecular flexibility index (Phi) is 6.00. The molecule has 1 aromatic heterocycles. The summed E-state index contributed by atoms with van der Waals surface area (Å²) in [4.78, 5) is 12.5. The van der Waals surface area contributed by atoms with E-state index in [2.05, 4.69) is 54.4 Å². The predicted octanol–water partition coefficient (Wildman–Crippen LogP) is 8.24. The number of hydrogen-bond donors (Lipinski definition) is 1. The van der Waals surface area contributed by atoms with Crippen LogP contribution in [0, 0.1) is 12.7 Å². The first kappa shape index (κ1) is 25.0. The Morgan fingerprint density at radius 3 is 2.34 bits per heavy atom. The number of para-hydroxylation sites is 3. The third-order valence-electron chi connectivity index (χ3n) is 7.65. The van der Waals surface area contributed by atoms with E-state index in [-0.39, 0.29) is 11.9 Å². The van der Waals surface area contributed by atoms with Crippen molar-refractivity contribution in [2.45, 2.75) is 32.7 Å². The van der Waals surface area contributed by atoms with Crippen molar-refractivity contribution in [2.75, 3.05) is 10.2 Å². The molecule has 1 N–H and O–H groups in total. The number of benzene rings is 4. The van der Waals surface area contributed by atoms with Crippen LogP contribution in [0.4, 0.5) is 27.3 Å². The van der Waals surface area contributed by atoms with Crippen LogP contribution in [-0.4, -0.2) is 21.5 Å². The second-order valence-corrected chi connectivity index (χ2v) is 10.7. The molecule has 3 heterocycles. The van der Waals surface area contributed by atoms with E-state index in [1.807, 2.05) is 66.2 Å². The maximum absolute atomic E-state index is 14.2. The molecule has 2 aliphatic rings. The zero-order valence-electron chi connectivity index (χ0n) is 23.1. The first-order chi connectivity index (χ1) is 20.0. The molecule has 41 heavy (non-hydrogen) atoms. The number of aryl methyl sites for hydroxylation is 1. The summed E-state index contributed by atoms with van der Waals surface area (Å²) < 4.78 is 16.1. The monoisotopic (exact) mass is 540 g/mol. The molecule has 5 aromatic rings. The average molecular weight is 541 g/mol. The standard InChI is InChI=1S/C34H29FN6/c1-21(2)23-16-18-24(19-17-23)31-30-22(3)39-41(27-12-5-4-6-13-27)33(30)38-34-32(36-26-11-9-10-25(35)20-26)37-28-14-7-8-15-29(28)40(31)34/h4-21,31H,1-3H3,(H,36,37). The number of hydrogen-bond acceptors (Lipinski definition) is 5. The van der Waals surface area contributed by atoms with Gasteiger partial charge in [-0.2, -0.15) is 5.10 Å². The van der Waals surface area contributed by atoms with Gasteiger partial charge in [-0.05, 0) is 66.4 Å². The highest BCUT2D eigenvalue weighted by Crippen LogP contribution is 2.48. The van der Waals surface area contributed by atoms with Gasteiger partial charge in [-0.1, -0.05) is 74.5 Å². The molecule has 0 saturated carbocycles. The summed E-state index contributed by atoms with van der Waals surface area (Å²) in [5, 5.41) is 8.35. The van der Waals surface area contributed by atoms with Crippen LogP contribution >= 0.6 is 0 Å². The van der Waals surface area contributed by atoms with Gasteiger partial charge < -0.3 is 10.2 Å². The third kappa shape index (κ3) is 4.30. The summed E-state index contributed by atoms with van der Waals surface area (Å²) in [6.07, 6.45) is 0. The minimum Gasteiger partial charge on any atom is -0.337 e. The number of aromatic nitrogens is 2. The molecule has 0 amide bonds. The normalized spacial score (nSPS) is 15.5. The molecule has 1 atom stereocenters. The molecule has 7 rings (SSSR count). The van der Waals surface area contributed by atoms with Crippen molar-refractivity contribution in [1.82, 2.24) is 9.78 Å². The van der Waals surface area contributed by atoms with E-state index in [1.165, 1.54) is 17.7 Å². The molecular formula is C34H29FN6. The SMILES string of the molecule is Cc1nn(-c2ccccc2)c2c1C(c1ccc(C(C)C)cc1)N1C(=N2)C(Nc2cccc(F)c2)=Nc2ccccc21. The molecule has 0 aliphatic carbocycles. The fourth-order valence-corrected chi connectivity index (χ4v) is 5.63. The smallest absolute Gasteiger partial charge is 0.179 e. The first-order valence-corrected chi connectivity index (χ1v) is 13.8. The van der Waals surface area contributed by atoms with E-state index in [1.54, 1.807) is 6.07 Å². The zero-order valence-corrected chi connectivity index (χ0v) is 23.1. The Hall–Kier alpha value is -5.04. The van der Waals surface area contributed by atoms with Gasteiger partial charge in [-0.15, -0.1) is 0 Å². The molecule has 0 saturated heterocycles. The van der Waals surface area contributed by atoms with Crippen molar-refractivity contribution in [3.05, 3.63) is 131 Å². The van der Waals surface area contributed by atoms with Gasteiger partial charge in [-0.25, -0.2) is 19.1 Å². The topological polar surface area (TPSA) is 57.8 Å². The Bertz CT molecular complexity index is 1820. The Labute approximate surface area is 238 Å². The van der Waals surface area contributed by atoms with Crippen molar-refractivity contribution in [2.24, 2.45) is 9.98 Å². The Morgan fingerprint density at radius 1 is 0.829 bits per heavy atom. The van der Waals surface area contributed by atoms with Crippen LogP contribution < -0.4 is 10.2 Å². The maximum Gasteiger partial charge on any atom is 0.179 e. The van der Waals surface area contributed by atoms with Crippen LogP contribution in [0.3, 0.4) is 0 Å². The summed E-state index contributed by atoms with van der Waals surface area (Å²) in [7, 11) is 0. The van der Waals surface area contributed by atoms with Crippen LogP contribution in [-0.2, 0) is 0 Å². The fourth-order valence-electron chi connectivity index (χ4n) is 5.63. The van der Waals surface area contributed by atoms with Gasteiger partial charge >= 0.3 is 0 Å². The van der Waals surface area contributed by atoms with E-state index >= 15 is 0 Å². The molecule has 0 bridgehead atoms. The van der Waals surface area contributed by atoms with Crippen LogP contribution in [0.15, 0.2) is 113 Å². The second-order valence-electron chi connectivity index (χ2n) is 10.7. The average Bonchev–Trinajstić information content (AvgIpc) is 3.32. The summed E-state index contributed by atoms with van der Waals surface area (Å²) in [6, 6.07) is 33.1. The van der Waals surface area contributed by atoms with Crippen molar-refractivity contribution < 1.29 is 4.39 Å². The minimum atomic E-state index is -0.322. The lowest BCUT2D eigenvalue weighted by molar-refractivity contribution is 0.628. The van der Waals surface area contributed by atoms with Crippen molar-refractivity contribution in [1.29, 1.82) is 0 Å². The quantitative estimate of drug-likeness (QED) is 0.250. The number of halogens is 1. The maximum atomic E-state index is 14.2. The molecule has 7 heteroatoms. The molecular weight excluding hydrogens is 511 g/mol. The Morgan fingerprint density at radius 2 is 1.59 bits per heavy atom. The van der Waals surface area contributed by atoms with E-state index in [9.17, 15) is 4.39 Å². The molecule has 0 radical (unpaired) electrons. The zero-order chi connectivity index (χ0) is 28.1. The molecule has 1 unspecified atom stereocenters. The lowest BCUT2D eigenvalue weighted by Gasteiger charge is -2.40. The van der Waals surface area contributed by atoms with E-state index in [0.717, 1.165) is 39.7 Å². The first-order valence-electron chi connectivity index (χ1n) is 13.8. The summed E-state index contributed by atoms with van der Waals surface area (Å²) in [5.74, 6) is 2.05. The van der Waals surface area contributed by atoms with Gasteiger partial charge in [0.25, 0.3) is 0 Å². The molecule has 4 aromatic carbocycles. The minimum absolute atomic E-state index is 0.211. The number of nitrogens with zero attached hydrogens (tertiary/aromatic N) is 5. The lowest BCUT2D eigenvalue weighted by atomic mass is 9.91. The number of rotatable bonds is 4. The van der Waals surface area contributed by atoms with Gasteiger partial charge in [0.1, 0.15) is 5.82 Å². The van der Waals surface area contributed by atoms with Crippen molar-refractivity contribution in [3.63, 3.8) is 0 Å². The van der Waals surface area contributed by atoms with Gasteiger partial charge in [0.15, 0.2) is 17.5 Å². The van der Waals surface area contributed by atoms with Gasteiger partial charge in [-0.3, -0.25) is 0 Å². The Balaban J connectivity index is 1.48. The largest absolute Gasteiger partial charge is 0.337 e. The van der Waals surface area contributed by atoms with Crippen LogP contribution in [0.1, 0.15) is 48.2 Å². The highest BCUT2D eigenvalue weighted by molar-refractivity contribution is 6.51. The van der Waals surface area contributed by atoms with Crippen molar-refractivity contribution >= 4 is 34.6 Å². The lowest BCUT2D eigenvalue weighted by Crippen LogP contribution is -2.46. The molecule has 202 valence electrons. The highest BCUT2D eigenvalue weighted by atomic mass is 19.1. The molecule has 6 nitrogen and oxygen atoms in total. The molecule has 0 spiro atoms. The number of aliphatic imine (C=N–C) groups is 2. The van der Waals surface area contributed by atoms with Crippen LogP contribution in [0.25, 0.3) is 5.69 Å². The van der Waals surface area contributed by atoms with E-state index in [4.69, 9.17) is 15.1 Å². The van der Waals surface area contributed by atoms with Crippen LogP contribution in [0.2, 0.25) is 0 Å². The summed E-state index contributed by atoms with van der Waals surface area (Å²) in [5.41, 5.74) is 7.64. The number of fused-ring (bicyclic) bond motifs is 4. The van der Waals surface area contributed by atoms with E-state index < -0.39 is 0 Å². The fraction of sp³-hybridized carbons (Fsp3) is 0.147. The highest BCUT2D eigenvalue weighted by Gasteiger charge is 2.41. The third-order valence-corrected chi connectivity index (χ3v) is 7.65. The van der Waals surface area contributed by atoms with E-state index in [0.29, 0.717) is 23.3 Å². The van der Waals surface area contributed by atoms with Gasteiger partial charge in [0, 0.05) is 11.3 Å². The van der Waals surface area contributed by atoms with Gasteiger partial charge in [0.05, 0.1) is 28.8 Å². The summed E-state index contributed by atoms with van der Waals surface area (Å²) >= 11 is 0. The molecule has 0 fully saturated rings. The number of amidine groups is 2. The summed E-state index contributed by atoms with van der Waals surface area (Å²) in [6.45, 7) is 6.45. The van der Waals surface area contributed by atoms with Gasteiger partial charge in [0.2, 0.25) is 0 Å². The van der Waals surface area contributed by atoms with Crippen molar-refractivity contribution in [3.8, 4) is 5.69 Å². The second kappa shape index (κ2) is 9.86. The predicted molar refractivity (Wildman–Crippen MR) is 164 cm³/mol.